The van der Waals surface area contributed by atoms with Crippen molar-refractivity contribution in [2.75, 3.05) is 30.8 Å². The molecule has 10 heteroatoms. The number of thioether (sulfide) groups is 1. The molecule has 1 aromatic carbocycles. The number of benzene rings is 1. The molecule has 1 aliphatic rings. The first kappa shape index (κ1) is 29.2. The Labute approximate surface area is 219 Å². The summed E-state index contributed by atoms with van der Waals surface area (Å²) in [6.45, 7) is 8.76. The summed E-state index contributed by atoms with van der Waals surface area (Å²) >= 11 is 6.65. The first-order valence-corrected chi connectivity index (χ1v) is 13.6. The van der Waals surface area contributed by atoms with Crippen LogP contribution in [0.3, 0.4) is 0 Å². The van der Waals surface area contributed by atoms with Gasteiger partial charge in [0.1, 0.15) is 18.0 Å². The molecule has 0 unspecified atom stereocenters. The van der Waals surface area contributed by atoms with Gasteiger partial charge in [0.05, 0.1) is 12.1 Å². The molecule has 1 saturated carbocycles. The molecular weight excluding hydrogens is 484 g/mol. The zero-order chi connectivity index (χ0) is 25.9. The molecule has 0 aromatic heterocycles. The third kappa shape index (κ3) is 11.5. The van der Waals surface area contributed by atoms with Crippen LogP contribution in [0.4, 0.5) is 10.5 Å². The lowest BCUT2D eigenvalue weighted by Crippen LogP contribution is -2.38. The number of nitrogens with two attached hydrogens (primary N) is 1. The number of rotatable bonds is 8. The highest BCUT2D eigenvalue weighted by atomic mass is 32.2. The Bertz CT molecular complexity index is 848. The van der Waals surface area contributed by atoms with Crippen molar-refractivity contribution < 1.29 is 19.4 Å². The number of amidine groups is 1. The van der Waals surface area contributed by atoms with E-state index in [9.17, 15) is 9.90 Å². The zero-order valence-electron chi connectivity index (χ0n) is 21.3. The van der Waals surface area contributed by atoms with E-state index in [2.05, 4.69) is 10.3 Å². The van der Waals surface area contributed by atoms with Crippen molar-refractivity contribution in [2.24, 2.45) is 10.7 Å². The number of nitrogens with one attached hydrogen (secondary N) is 1. The normalized spacial score (nSPS) is 16.2. The first-order chi connectivity index (χ1) is 16.5. The lowest BCUT2D eigenvalue weighted by molar-refractivity contribution is 0.0237. The van der Waals surface area contributed by atoms with Gasteiger partial charge < -0.3 is 30.5 Å². The fourth-order valence-electron chi connectivity index (χ4n) is 3.64. The van der Waals surface area contributed by atoms with Gasteiger partial charge >= 0.3 is 6.09 Å². The van der Waals surface area contributed by atoms with Crippen molar-refractivity contribution in [2.45, 2.75) is 77.4 Å². The zero-order valence-corrected chi connectivity index (χ0v) is 23.0. The molecule has 196 valence electrons. The number of hydrogen-bond donors (Lipinski definition) is 3. The number of carbonyl (C=O) groups is 1. The van der Waals surface area contributed by atoms with Gasteiger partial charge in [0.2, 0.25) is 0 Å². The Balaban J connectivity index is 1.77. The molecule has 0 spiro atoms. The van der Waals surface area contributed by atoms with Crippen molar-refractivity contribution in [1.29, 1.82) is 0 Å². The average molecular weight is 525 g/mol. The summed E-state index contributed by atoms with van der Waals surface area (Å²) in [5.41, 5.74) is 5.59. The van der Waals surface area contributed by atoms with Crippen LogP contribution in [0.1, 0.15) is 66.2 Å². The van der Waals surface area contributed by atoms with Gasteiger partial charge in [0.25, 0.3) is 0 Å². The summed E-state index contributed by atoms with van der Waals surface area (Å²) in [5.74, 6) is 1.21. The number of aliphatic hydroxyl groups is 1. The molecular formula is C25H40N4O4S2. The highest BCUT2D eigenvalue weighted by Crippen LogP contribution is 2.30. The van der Waals surface area contributed by atoms with Gasteiger partial charge in [-0.1, -0.05) is 37.4 Å². The molecule has 0 aliphatic heterocycles. The predicted octanol–water partition coefficient (Wildman–Crippen LogP) is 5.15. The smallest absolute Gasteiger partial charge is 0.410 e. The van der Waals surface area contributed by atoms with Crippen LogP contribution in [0.5, 0.6) is 5.75 Å². The van der Waals surface area contributed by atoms with Gasteiger partial charge in [-0.2, -0.15) is 4.99 Å². The molecule has 0 saturated heterocycles. The number of anilines is 1. The number of hydrogen-bond acceptors (Lipinski definition) is 6. The molecule has 1 amide bonds. The number of amides is 1. The van der Waals surface area contributed by atoms with E-state index in [0.29, 0.717) is 36.4 Å². The van der Waals surface area contributed by atoms with Crippen molar-refractivity contribution in [1.82, 2.24) is 4.90 Å². The quantitative estimate of drug-likeness (QED) is 0.185. The van der Waals surface area contributed by atoms with Crippen molar-refractivity contribution in [3.63, 3.8) is 0 Å². The Morgan fingerprint density at radius 3 is 2.43 bits per heavy atom. The number of likely N-dealkylation sites (N-methyl/N-ethyl adjacent to an activating group) is 1. The molecule has 0 atom stereocenters. The minimum atomic E-state index is -0.673. The van der Waals surface area contributed by atoms with Gasteiger partial charge in [-0.25, -0.2) is 4.79 Å². The second kappa shape index (κ2) is 13.9. The molecule has 1 fully saturated rings. The number of carbonyl (C=O) groups excluding carboxylic acids is 1. The van der Waals surface area contributed by atoms with Gasteiger partial charge in [-0.05, 0) is 77.0 Å². The molecule has 4 N–H and O–H groups in total. The molecule has 0 bridgehead atoms. The topological polar surface area (TPSA) is 109 Å². The molecule has 1 aromatic rings. The fourth-order valence-corrected chi connectivity index (χ4v) is 4.77. The van der Waals surface area contributed by atoms with Crippen molar-refractivity contribution >= 4 is 46.0 Å². The first-order valence-electron chi connectivity index (χ1n) is 12.2. The standard InChI is InChI=1S/C25H40N4O4S2/c1-5-29(23(30)33-24(2,3)4)16-17-32-20-12-10-19(11-13-20)27-22(34)28-21(26)35-18-25(31)14-8-6-7-9-15-25/h10-13,31H,5-9,14-18H2,1-4H3,(H3,26,27,28,34). The number of thiocarbonyl (C=S) groups is 1. The van der Waals surface area contributed by atoms with Crippen LogP contribution >= 0.6 is 24.0 Å². The summed E-state index contributed by atoms with van der Waals surface area (Å²) in [5, 5.41) is 14.4. The Kier molecular flexibility index (Phi) is 11.6. The number of ether oxygens (including phenoxy) is 2. The Morgan fingerprint density at radius 1 is 1.23 bits per heavy atom. The average Bonchev–Trinajstić information content (AvgIpc) is 3.00. The second-order valence-corrected chi connectivity index (χ2v) is 11.1. The van der Waals surface area contributed by atoms with E-state index in [1.807, 2.05) is 52.0 Å². The summed E-state index contributed by atoms with van der Waals surface area (Å²) < 4.78 is 11.2. The van der Waals surface area contributed by atoms with E-state index >= 15 is 0 Å². The lowest BCUT2D eigenvalue weighted by atomic mass is 9.97. The minimum absolute atomic E-state index is 0.257. The van der Waals surface area contributed by atoms with Gasteiger partial charge in [0.15, 0.2) is 10.3 Å². The maximum Gasteiger partial charge on any atom is 0.410 e. The highest BCUT2D eigenvalue weighted by Gasteiger charge is 2.28. The summed E-state index contributed by atoms with van der Waals surface area (Å²) in [6.07, 6.45) is 5.72. The SMILES string of the molecule is CCN(CCOc1ccc(NC(=S)N=C(N)SCC2(O)CCCCCC2)cc1)C(=O)OC(C)(C)C. The highest BCUT2D eigenvalue weighted by molar-refractivity contribution is 8.13. The van der Waals surface area contributed by atoms with Crippen LogP contribution in [-0.2, 0) is 4.74 Å². The van der Waals surface area contributed by atoms with E-state index in [0.717, 1.165) is 31.4 Å². The Morgan fingerprint density at radius 2 is 1.86 bits per heavy atom. The minimum Gasteiger partial charge on any atom is -0.492 e. The summed E-state index contributed by atoms with van der Waals surface area (Å²) in [4.78, 5) is 18.0. The van der Waals surface area contributed by atoms with Crippen LogP contribution in [0.15, 0.2) is 29.3 Å². The lowest BCUT2D eigenvalue weighted by Gasteiger charge is -2.26. The third-order valence-electron chi connectivity index (χ3n) is 5.50. The summed E-state index contributed by atoms with van der Waals surface area (Å²) in [7, 11) is 0. The monoisotopic (exact) mass is 524 g/mol. The van der Waals surface area contributed by atoms with E-state index in [4.69, 9.17) is 27.4 Å². The maximum absolute atomic E-state index is 12.2. The third-order valence-corrected chi connectivity index (χ3v) is 6.77. The number of aliphatic imine (C=N–C) groups is 1. The van der Waals surface area contributed by atoms with E-state index < -0.39 is 11.2 Å². The van der Waals surface area contributed by atoms with Crippen molar-refractivity contribution in [3.05, 3.63) is 24.3 Å². The Hall–Kier alpha value is -2.04. The summed E-state index contributed by atoms with van der Waals surface area (Å²) in [6, 6.07) is 7.30. The van der Waals surface area contributed by atoms with E-state index in [1.165, 1.54) is 24.6 Å². The van der Waals surface area contributed by atoms with Gasteiger partial charge in [-0.3, -0.25) is 0 Å². The molecule has 0 radical (unpaired) electrons. The fraction of sp³-hybridized carbons (Fsp3) is 0.640. The predicted molar refractivity (Wildman–Crippen MR) is 148 cm³/mol. The van der Waals surface area contributed by atoms with E-state index in [1.54, 1.807) is 4.90 Å². The molecule has 1 aliphatic carbocycles. The molecule has 2 rings (SSSR count). The van der Waals surface area contributed by atoms with Crippen molar-refractivity contribution in [3.8, 4) is 5.75 Å². The van der Waals surface area contributed by atoms with Gasteiger partial charge in [0, 0.05) is 18.0 Å². The van der Waals surface area contributed by atoms with Crippen LogP contribution in [0.25, 0.3) is 0 Å². The van der Waals surface area contributed by atoms with Crippen LogP contribution in [0.2, 0.25) is 0 Å². The van der Waals surface area contributed by atoms with Crippen LogP contribution in [0, 0.1) is 0 Å². The van der Waals surface area contributed by atoms with Crippen LogP contribution < -0.4 is 15.8 Å². The molecule has 8 nitrogen and oxygen atoms in total. The van der Waals surface area contributed by atoms with Crippen LogP contribution in [-0.4, -0.2) is 63.0 Å². The maximum atomic E-state index is 12.2. The molecule has 0 heterocycles. The molecule has 35 heavy (non-hydrogen) atoms. The largest absolute Gasteiger partial charge is 0.492 e. The number of nitrogens with zero attached hydrogens (tertiary/aromatic N) is 2. The van der Waals surface area contributed by atoms with Gasteiger partial charge in [-0.15, -0.1) is 0 Å². The second-order valence-electron chi connectivity index (χ2n) is 9.74. The van der Waals surface area contributed by atoms with E-state index in [-0.39, 0.29) is 11.2 Å².